The zero-order valence-electron chi connectivity index (χ0n) is 11.8. The van der Waals surface area contributed by atoms with E-state index in [1.54, 1.807) is 0 Å². The third-order valence-corrected chi connectivity index (χ3v) is 4.28. The standard InChI is InChI=1S/C13H20N2O4S/c1-9(2)6-7-15-11-5-4-10(13(16)17)8-12(11)20(18,19)14-3/h4-5,8-9,14-15H,6-7H2,1-3H3,(H,16,17). The van der Waals surface area contributed by atoms with Gasteiger partial charge in [-0.25, -0.2) is 17.9 Å². The van der Waals surface area contributed by atoms with Crippen LogP contribution >= 0.6 is 0 Å². The Bertz CT molecular complexity index is 582. The minimum Gasteiger partial charge on any atom is -0.478 e. The molecule has 0 radical (unpaired) electrons. The molecule has 0 saturated carbocycles. The normalized spacial score (nSPS) is 11.6. The van der Waals surface area contributed by atoms with E-state index < -0.39 is 16.0 Å². The Balaban J connectivity index is 3.13. The second-order valence-corrected chi connectivity index (χ2v) is 6.69. The molecule has 0 aromatic heterocycles. The monoisotopic (exact) mass is 300 g/mol. The summed E-state index contributed by atoms with van der Waals surface area (Å²) in [7, 11) is -2.42. The zero-order chi connectivity index (χ0) is 15.3. The molecule has 0 aliphatic heterocycles. The fourth-order valence-electron chi connectivity index (χ4n) is 1.63. The van der Waals surface area contributed by atoms with E-state index in [0.717, 1.165) is 12.5 Å². The number of hydrogen-bond acceptors (Lipinski definition) is 4. The highest BCUT2D eigenvalue weighted by Crippen LogP contribution is 2.23. The van der Waals surface area contributed by atoms with E-state index in [9.17, 15) is 13.2 Å². The summed E-state index contributed by atoms with van der Waals surface area (Å²) in [6, 6.07) is 4.02. The van der Waals surface area contributed by atoms with E-state index in [1.807, 2.05) is 0 Å². The Labute approximate surface area is 119 Å². The molecule has 6 nitrogen and oxygen atoms in total. The Morgan fingerprint density at radius 3 is 2.50 bits per heavy atom. The fraction of sp³-hybridized carbons (Fsp3) is 0.462. The highest BCUT2D eigenvalue weighted by Gasteiger charge is 2.19. The molecule has 7 heteroatoms. The molecule has 0 spiro atoms. The van der Waals surface area contributed by atoms with Crippen LogP contribution in [0.1, 0.15) is 30.6 Å². The van der Waals surface area contributed by atoms with Gasteiger partial charge < -0.3 is 10.4 Å². The van der Waals surface area contributed by atoms with Crippen molar-refractivity contribution in [3.05, 3.63) is 23.8 Å². The molecule has 0 atom stereocenters. The van der Waals surface area contributed by atoms with Crippen molar-refractivity contribution in [1.82, 2.24) is 4.72 Å². The summed E-state index contributed by atoms with van der Waals surface area (Å²) in [6.07, 6.45) is 0.889. The Morgan fingerprint density at radius 1 is 1.35 bits per heavy atom. The molecule has 1 aromatic carbocycles. The molecular formula is C13H20N2O4S. The van der Waals surface area contributed by atoms with Crippen molar-refractivity contribution >= 4 is 21.7 Å². The summed E-state index contributed by atoms with van der Waals surface area (Å²) in [5.74, 6) is -0.670. The van der Waals surface area contributed by atoms with E-state index in [4.69, 9.17) is 5.11 Å². The molecule has 1 aromatic rings. The molecule has 0 aliphatic rings. The van der Waals surface area contributed by atoms with Gasteiger partial charge in [-0.15, -0.1) is 0 Å². The Hall–Kier alpha value is -1.60. The Kier molecular flexibility index (Phi) is 5.52. The Morgan fingerprint density at radius 2 is 2.00 bits per heavy atom. The van der Waals surface area contributed by atoms with E-state index in [2.05, 4.69) is 23.9 Å². The third-order valence-electron chi connectivity index (χ3n) is 2.82. The van der Waals surface area contributed by atoms with Gasteiger partial charge in [-0.3, -0.25) is 0 Å². The molecule has 0 unspecified atom stereocenters. The van der Waals surface area contributed by atoms with Crippen molar-refractivity contribution in [1.29, 1.82) is 0 Å². The first-order valence-electron chi connectivity index (χ1n) is 6.32. The predicted octanol–water partition coefficient (Wildman–Crippen LogP) is 1.75. The van der Waals surface area contributed by atoms with Crippen LogP contribution in [0.3, 0.4) is 0 Å². The number of nitrogens with one attached hydrogen (secondary N) is 2. The van der Waals surface area contributed by atoms with Gasteiger partial charge in [0.25, 0.3) is 0 Å². The number of sulfonamides is 1. The van der Waals surface area contributed by atoms with E-state index in [0.29, 0.717) is 18.2 Å². The lowest BCUT2D eigenvalue weighted by Crippen LogP contribution is -2.21. The smallest absolute Gasteiger partial charge is 0.335 e. The SMILES string of the molecule is CNS(=O)(=O)c1cc(C(=O)O)ccc1NCCC(C)C. The summed E-state index contributed by atoms with van der Waals surface area (Å²) in [5, 5.41) is 12.0. The summed E-state index contributed by atoms with van der Waals surface area (Å²) in [6.45, 7) is 4.76. The number of rotatable bonds is 7. The quantitative estimate of drug-likeness (QED) is 0.713. The average molecular weight is 300 g/mol. The lowest BCUT2D eigenvalue weighted by Gasteiger charge is -2.13. The predicted molar refractivity (Wildman–Crippen MR) is 77.6 cm³/mol. The number of aromatic carboxylic acids is 1. The van der Waals surface area contributed by atoms with Gasteiger partial charge in [0.1, 0.15) is 4.90 Å². The van der Waals surface area contributed by atoms with Crippen LogP contribution < -0.4 is 10.0 Å². The van der Waals surface area contributed by atoms with E-state index in [1.165, 1.54) is 19.2 Å². The number of hydrogen-bond donors (Lipinski definition) is 3. The second-order valence-electron chi connectivity index (χ2n) is 4.83. The summed E-state index contributed by atoms with van der Waals surface area (Å²) < 4.78 is 26.1. The molecule has 3 N–H and O–H groups in total. The first-order valence-corrected chi connectivity index (χ1v) is 7.81. The van der Waals surface area contributed by atoms with E-state index >= 15 is 0 Å². The van der Waals surface area contributed by atoms with Gasteiger partial charge in [0.05, 0.1) is 11.3 Å². The fourth-order valence-corrected chi connectivity index (χ4v) is 2.56. The van der Waals surface area contributed by atoms with Crippen molar-refractivity contribution in [3.8, 4) is 0 Å². The number of carboxylic acids is 1. The van der Waals surface area contributed by atoms with Gasteiger partial charge in [0.2, 0.25) is 10.0 Å². The summed E-state index contributed by atoms with van der Waals surface area (Å²) in [5.41, 5.74) is 0.346. The molecule has 112 valence electrons. The van der Waals surface area contributed by atoms with Crippen LogP contribution in [-0.2, 0) is 10.0 Å². The van der Waals surface area contributed by atoms with Crippen molar-refractivity contribution in [2.75, 3.05) is 18.9 Å². The molecule has 0 aliphatic carbocycles. The molecule has 1 rings (SSSR count). The lowest BCUT2D eigenvalue weighted by molar-refractivity contribution is 0.0696. The van der Waals surface area contributed by atoms with Crippen LogP contribution in [0, 0.1) is 5.92 Å². The number of anilines is 1. The molecule has 0 fully saturated rings. The lowest BCUT2D eigenvalue weighted by atomic mass is 10.1. The first kappa shape index (κ1) is 16.5. The molecule has 0 bridgehead atoms. The van der Waals surface area contributed by atoms with Crippen LogP contribution in [0.25, 0.3) is 0 Å². The highest BCUT2D eigenvalue weighted by molar-refractivity contribution is 7.89. The second kappa shape index (κ2) is 6.71. The molecular weight excluding hydrogens is 280 g/mol. The van der Waals surface area contributed by atoms with Gasteiger partial charge in [0.15, 0.2) is 0 Å². The maximum Gasteiger partial charge on any atom is 0.335 e. The van der Waals surface area contributed by atoms with Crippen molar-refractivity contribution in [2.45, 2.75) is 25.2 Å². The minimum absolute atomic E-state index is 0.0522. The number of carbonyl (C=O) groups is 1. The maximum atomic E-state index is 11.9. The van der Waals surface area contributed by atoms with Gasteiger partial charge >= 0.3 is 5.97 Å². The first-order chi connectivity index (χ1) is 9.27. The van der Waals surface area contributed by atoms with Crippen molar-refractivity contribution in [2.24, 2.45) is 5.92 Å². The molecule has 0 amide bonds. The number of carboxylic acid groups (broad SMARTS) is 1. The van der Waals surface area contributed by atoms with Crippen LogP contribution in [0.5, 0.6) is 0 Å². The van der Waals surface area contributed by atoms with Gasteiger partial charge in [-0.1, -0.05) is 13.8 Å². The van der Waals surface area contributed by atoms with Gasteiger partial charge in [-0.05, 0) is 37.6 Å². The van der Waals surface area contributed by atoms with Crippen LogP contribution in [0.15, 0.2) is 23.1 Å². The average Bonchev–Trinajstić information content (AvgIpc) is 2.38. The summed E-state index contributed by atoms with van der Waals surface area (Å²) >= 11 is 0. The maximum absolute atomic E-state index is 11.9. The highest BCUT2D eigenvalue weighted by atomic mass is 32.2. The zero-order valence-corrected chi connectivity index (χ0v) is 12.6. The molecule has 0 saturated heterocycles. The third kappa shape index (κ3) is 4.21. The van der Waals surface area contributed by atoms with Crippen LogP contribution in [0.4, 0.5) is 5.69 Å². The minimum atomic E-state index is -3.71. The van der Waals surface area contributed by atoms with Gasteiger partial charge in [0, 0.05) is 6.54 Å². The largest absolute Gasteiger partial charge is 0.478 e. The summed E-state index contributed by atoms with van der Waals surface area (Å²) in [4.78, 5) is 10.9. The topological polar surface area (TPSA) is 95.5 Å². The van der Waals surface area contributed by atoms with E-state index in [-0.39, 0.29) is 10.5 Å². The van der Waals surface area contributed by atoms with Crippen LogP contribution in [0.2, 0.25) is 0 Å². The molecule has 0 heterocycles. The van der Waals surface area contributed by atoms with Gasteiger partial charge in [-0.2, -0.15) is 0 Å². The van der Waals surface area contributed by atoms with Crippen molar-refractivity contribution < 1.29 is 18.3 Å². The van der Waals surface area contributed by atoms with Crippen molar-refractivity contribution in [3.63, 3.8) is 0 Å². The molecule has 20 heavy (non-hydrogen) atoms. The number of benzene rings is 1. The van der Waals surface area contributed by atoms with Crippen LogP contribution in [-0.4, -0.2) is 33.1 Å².